The van der Waals surface area contributed by atoms with Crippen LogP contribution in [0.25, 0.3) is 0 Å². The van der Waals surface area contributed by atoms with Gasteiger partial charge in [0.25, 0.3) is 5.91 Å². The zero-order valence-corrected chi connectivity index (χ0v) is 16.1. The van der Waals surface area contributed by atoms with Crippen LogP contribution in [0.15, 0.2) is 54.7 Å². The van der Waals surface area contributed by atoms with Crippen LogP contribution in [0.5, 0.6) is 0 Å². The molecule has 0 spiro atoms. The summed E-state index contributed by atoms with van der Waals surface area (Å²) in [6, 6.07) is 13.4. The molecule has 5 nitrogen and oxygen atoms in total. The Morgan fingerprint density at radius 2 is 1.66 bits per heavy atom. The van der Waals surface area contributed by atoms with Gasteiger partial charge in [-0.05, 0) is 17.7 Å². The topological polar surface area (TPSA) is 66.9 Å². The first-order valence-electron chi connectivity index (χ1n) is 8.23. The molecule has 0 bridgehead atoms. The molecule has 0 aliphatic carbocycles. The smallest absolute Gasteiger partial charge is 0.348 e. The first kappa shape index (κ1) is 20.9. The van der Waals surface area contributed by atoms with Crippen LogP contribution < -0.4 is 10.6 Å². The van der Waals surface area contributed by atoms with Gasteiger partial charge in [-0.3, -0.25) is 4.79 Å². The second-order valence-electron chi connectivity index (χ2n) is 5.84. The maximum Gasteiger partial charge on any atom is 0.434 e. The SMILES string of the molecule is O=C(NCc1ccccc1)c1cnc(Nc2c(Cl)cccc2Cl)nc1C(F)(F)F. The van der Waals surface area contributed by atoms with Crippen molar-refractivity contribution in [2.75, 3.05) is 5.32 Å². The second kappa shape index (κ2) is 8.67. The van der Waals surface area contributed by atoms with Gasteiger partial charge in [0.1, 0.15) is 0 Å². The van der Waals surface area contributed by atoms with Crippen LogP contribution in [0.3, 0.4) is 0 Å². The molecule has 0 unspecified atom stereocenters. The number of para-hydroxylation sites is 1. The molecule has 3 rings (SSSR count). The molecule has 2 aromatic carbocycles. The molecule has 1 heterocycles. The number of aromatic nitrogens is 2. The number of carbonyl (C=O) groups is 1. The Balaban J connectivity index is 1.87. The third kappa shape index (κ3) is 5.16. The van der Waals surface area contributed by atoms with Crippen LogP contribution in [0, 0.1) is 0 Å². The molecule has 0 saturated heterocycles. The molecule has 0 saturated carbocycles. The van der Waals surface area contributed by atoms with Gasteiger partial charge >= 0.3 is 6.18 Å². The molecule has 0 aliphatic heterocycles. The Bertz CT molecular complexity index is 1010. The summed E-state index contributed by atoms with van der Waals surface area (Å²) in [6.45, 7) is 0.0617. The molecule has 10 heteroatoms. The first-order chi connectivity index (χ1) is 13.8. The van der Waals surface area contributed by atoms with E-state index in [2.05, 4.69) is 20.6 Å². The van der Waals surface area contributed by atoms with Crippen LogP contribution >= 0.6 is 23.2 Å². The maximum absolute atomic E-state index is 13.5. The average molecular weight is 441 g/mol. The van der Waals surface area contributed by atoms with Crippen LogP contribution in [-0.2, 0) is 12.7 Å². The lowest BCUT2D eigenvalue weighted by molar-refractivity contribution is -0.141. The minimum Gasteiger partial charge on any atom is -0.348 e. The number of anilines is 2. The van der Waals surface area contributed by atoms with Crippen LogP contribution in [-0.4, -0.2) is 15.9 Å². The van der Waals surface area contributed by atoms with E-state index < -0.39 is 29.3 Å². The van der Waals surface area contributed by atoms with Crippen molar-refractivity contribution < 1.29 is 18.0 Å². The lowest BCUT2D eigenvalue weighted by Crippen LogP contribution is -2.27. The van der Waals surface area contributed by atoms with Gasteiger partial charge in [0.05, 0.1) is 21.3 Å². The number of alkyl halides is 3. The van der Waals surface area contributed by atoms with E-state index in [-0.39, 0.29) is 22.3 Å². The van der Waals surface area contributed by atoms with Crippen LogP contribution in [0.1, 0.15) is 21.6 Å². The van der Waals surface area contributed by atoms with Crippen molar-refractivity contribution in [1.29, 1.82) is 0 Å². The van der Waals surface area contributed by atoms with Crippen molar-refractivity contribution in [2.45, 2.75) is 12.7 Å². The molecular formula is C19H13Cl2F3N4O. The molecule has 1 amide bonds. The fourth-order valence-electron chi connectivity index (χ4n) is 2.43. The Labute approximate surface area is 173 Å². The number of nitrogens with zero attached hydrogens (tertiary/aromatic N) is 2. The average Bonchev–Trinajstić information content (AvgIpc) is 2.69. The normalized spacial score (nSPS) is 11.2. The summed E-state index contributed by atoms with van der Waals surface area (Å²) in [7, 11) is 0. The number of nitrogens with one attached hydrogen (secondary N) is 2. The summed E-state index contributed by atoms with van der Waals surface area (Å²) in [4.78, 5) is 19.6. The van der Waals surface area contributed by atoms with E-state index in [1.54, 1.807) is 36.4 Å². The standard InChI is InChI=1S/C19H13Cl2F3N4O/c20-13-7-4-8-14(21)15(13)27-18-26-10-12(16(28-18)19(22,23)24)17(29)25-9-11-5-2-1-3-6-11/h1-8,10H,9H2,(H,25,29)(H,26,27,28). The van der Waals surface area contributed by atoms with E-state index in [0.717, 1.165) is 11.8 Å². The Hall–Kier alpha value is -2.84. The number of benzene rings is 2. The highest BCUT2D eigenvalue weighted by Gasteiger charge is 2.38. The predicted octanol–water partition coefficient (Wildman–Crippen LogP) is 5.48. The number of carbonyl (C=O) groups excluding carboxylic acids is 1. The van der Waals surface area contributed by atoms with Crippen molar-refractivity contribution in [3.8, 4) is 0 Å². The zero-order chi connectivity index (χ0) is 21.0. The van der Waals surface area contributed by atoms with Crippen LogP contribution in [0.4, 0.5) is 24.8 Å². The molecule has 1 aromatic heterocycles. The van der Waals surface area contributed by atoms with Crippen molar-refractivity contribution >= 4 is 40.7 Å². The molecule has 0 radical (unpaired) electrons. The van der Waals surface area contributed by atoms with Gasteiger partial charge in [-0.25, -0.2) is 9.97 Å². The molecule has 2 N–H and O–H groups in total. The van der Waals surface area contributed by atoms with Crippen molar-refractivity contribution in [3.63, 3.8) is 0 Å². The molecule has 150 valence electrons. The quantitative estimate of drug-likeness (QED) is 0.551. The number of hydrogen-bond donors (Lipinski definition) is 2. The van der Waals surface area contributed by atoms with Gasteiger partial charge in [-0.15, -0.1) is 0 Å². The van der Waals surface area contributed by atoms with Gasteiger partial charge in [0.2, 0.25) is 5.95 Å². The van der Waals surface area contributed by atoms with Gasteiger partial charge < -0.3 is 10.6 Å². The highest BCUT2D eigenvalue weighted by molar-refractivity contribution is 6.39. The minimum atomic E-state index is -4.87. The zero-order valence-electron chi connectivity index (χ0n) is 14.6. The monoisotopic (exact) mass is 440 g/mol. The summed E-state index contributed by atoms with van der Waals surface area (Å²) < 4.78 is 40.5. The fraction of sp³-hybridized carbons (Fsp3) is 0.105. The number of halogens is 5. The fourth-order valence-corrected chi connectivity index (χ4v) is 2.92. The van der Waals surface area contributed by atoms with E-state index in [4.69, 9.17) is 23.2 Å². The van der Waals surface area contributed by atoms with Gasteiger partial charge in [0.15, 0.2) is 5.69 Å². The third-order valence-electron chi connectivity index (χ3n) is 3.80. The van der Waals surface area contributed by atoms with E-state index in [0.29, 0.717) is 0 Å². The Kier molecular flexibility index (Phi) is 6.24. The molecular weight excluding hydrogens is 428 g/mol. The minimum absolute atomic E-state index is 0.0617. The van der Waals surface area contributed by atoms with Gasteiger partial charge in [0, 0.05) is 12.7 Å². The van der Waals surface area contributed by atoms with E-state index >= 15 is 0 Å². The third-order valence-corrected chi connectivity index (χ3v) is 4.43. The molecule has 0 fully saturated rings. The highest BCUT2D eigenvalue weighted by atomic mass is 35.5. The number of rotatable bonds is 5. The summed E-state index contributed by atoms with van der Waals surface area (Å²) in [5.74, 6) is -1.34. The Morgan fingerprint density at radius 3 is 2.28 bits per heavy atom. The summed E-state index contributed by atoms with van der Waals surface area (Å²) in [5, 5.41) is 5.35. The molecule has 29 heavy (non-hydrogen) atoms. The van der Waals surface area contributed by atoms with Crippen LogP contribution in [0.2, 0.25) is 10.0 Å². The Morgan fingerprint density at radius 1 is 1.00 bits per heavy atom. The van der Waals surface area contributed by atoms with E-state index in [9.17, 15) is 18.0 Å². The first-order valence-corrected chi connectivity index (χ1v) is 8.98. The van der Waals surface area contributed by atoms with Crippen molar-refractivity contribution in [3.05, 3.63) is 81.6 Å². The van der Waals surface area contributed by atoms with Gasteiger partial charge in [-0.2, -0.15) is 13.2 Å². The van der Waals surface area contributed by atoms with Gasteiger partial charge in [-0.1, -0.05) is 59.6 Å². The lowest BCUT2D eigenvalue weighted by atomic mass is 10.2. The van der Waals surface area contributed by atoms with E-state index in [1.807, 2.05) is 0 Å². The summed E-state index contributed by atoms with van der Waals surface area (Å²) in [5.41, 5.74) is -1.17. The summed E-state index contributed by atoms with van der Waals surface area (Å²) >= 11 is 12.0. The largest absolute Gasteiger partial charge is 0.434 e. The molecule has 0 aliphatic rings. The number of amides is 1. The maximum atomic E-state index is 13.5. The molecule has 0 atom stereocenters. The lowest BCUT2D eigenvalue weighted by Gasteiger charge is -2.14. The predicted molar refractivity (Wildman–Crippen MR) is 104 cm³/mol. The highest BCUT2D eigenvalue weighted by Crippen LogP contribution is 2.34. The second-order valence-corrected chi connectivity index (χ2v) is 6.66. The van der Waals surface area contributed by atoms with Crippen molar-refractivity contribution in [2.24, 2.45) is 0 Å². The van der Waals surface area contributed by atoms with Crippen molar-refractivity contribution in [1.82, 2.24) is 15.3 Å². The molecule has 3 aromatic rings. The summed E-state index contributed by atoms with van der Waals surface area (Å²) in [6.07, 6.45) is -4.06. The van der Waals surface area contributed by atoms with E-state index in [1.165, 1.54) is 12.1 Å². The number of hydrogen-bond acceptors (Lipinski definition) is 4.